The third-order valence-corrected chi connectivity index (χ3v) is 16.8. The van der Waals surface area contributed by atoms with Crippen molar-refractivity contribution in [2.75, 3.05) is 46.9 Å². The first kappa shape index (κ1) is 71.4. The highest BCUT2D eigenvalue weighted by atomic mass is 35.5. The van der Waals surface area contributed by atoms with Crippen molar-refractivity contribution < 1.29 is 42.9 Å². The van der Waals surface area contributed by atoms with Crippen molar-refractivity contribution >= 4 is 105 Å². The molecule has 0 fully saturated rings. The number of rotatable bonds is 23. The lowest BCUT2D eigenvalue weighted by Gasteiger charge is -2.31. The van der Waals surface area contributed by atoms with Crippen LogP contribution in [0.1, 0.15) is 123 Å². The molecule has 0 N–H and O–H groups in total. The Bertz CT molecular complexity index is 3100. The molecular weight excluding hydrogens is 1160 g/mol. The van der Waals surface area contributed by atoms with E-state index in [4.69, 9.17) is 47.7 Å². The van der Waals surface area contributed by atoms with Gasteiger partial charge >= 0.3 is 17.9 Å². The lowest BCUT2D eigenvalue weighted by molar-refractivity contribution is -0.146. The second-order valence-corrected chi connectivity index (χ2v) is 22.8. The average molecular weight is 1240 g/mol. The van der Waals surface area contributed by atoms with E-state index < -0.39 is 35.9 Å². The van der Waals surface area contributed by atoms with Crippen LogP contribution in [-0.2, 0) is 49.7 Å². The number of nitrogens with zero attached hydrogens (tertiary/aromatic N) is 6. The Labute approximate surface area is 519 Å². The zero-order valence-corrected chi connectivity index (χ0v) is 53.2. The van der Waals surface area contributed by atoms with Crippen LogP contribution in [0.2, 0.25) is 10.0 Å². The number of aliphatic imine (C=N–C) groups is 1. The van der Waals surface area contributed by atoms with E-state index in [2.05, 4.69) is 35.8 Å². The summed E-state index contributed by atoms with van der Waals surface area (Å²) >= 11 is 12.2. The molecule has 0 unspecified atom stereocenters. The number of amides is 2. The van der Waals surface area contributed by atoms with Crippen LogP contribution in [0.15, 0.2) is 156 Å². The number of azide groups is 1. The van der Waals surface area contributed by atoms with E-state index in [9.17, 15) is 24.0 Å². The molecule has 0 bridgehead atoms. The molecule has 84 heavy (non-hydrogen) atoms. The Kier molecular flexibility index (Phi) is 32.5. The second-order valence-electron chi connectivity index (χ2n) is 19.2. The number of hydrogen-bond donors (Lipinski definition) is 0. The first-order valence-corrected chi connectivity index (χ1v) is 30.0. The fourth-order valence-electron chi connectivity index (χ4n) is 8.99. The first-order chi connectivity index (χ1) is 39.7. The average Bonchev–Trinajstić information content (AvgIpc) is 2.86. The van der Waals surface area contributed by atoms with Gasteiger partial charge in [-0.15, -0.1) is 7.92 Å². The zero-order chi connectivity index (χ0) is 59.4. The molecule has 0 spiro atoms. The minimum absolute atomic E-state index is 0. The van der Waals surface area contributed by atoms with Gasteiger partial charge in [-0.3, -0.25) is 9.59 Å². The van der Waals surface area contributed by atoms with E-state index in [0.717, 1.165) is 16.7 Å². The van der Waals surface area contributed by atoms with Gasteiger partial charge in [0.1, 0.15) is 12.1 Å². The van der Waals surface area contributed by atoms with Crippen molar-refractivity contribution in [2.24, 2.45) is 10.1 Å². The second kappa shape index (κ2) is 38.2. The Morgan fingerprint density at radius 3 is 1.68 bits per heavy atom. The summed E-state index contributed by atoms with van der Waals surface area (Å²) in [7, 11) is 5.86. The van der Waals surface area contributed by atoms with Gasteiger partial charge in [-0.1, -0.05) is 153 Å². The van der Waals surface area contributed by atoms with Gasteiger partial charge in [0.25, 0.3) is 11.8 Å². The van der Waals surface area contributed by atoms with Crippen LogP contribution >= 0.6 is 58.1 Å². The summed E-state index contributed by atoms with van der Waals surface area (Å²) < 4.78 is 20.2. The smallest absolute Gasteiger partial charge is 0.337 e. The number of halogens is 2. The molecule has 0 aliphatic carbocycles. The van der Waals surface area contributed by atoms with E-state index in [-0.39, 0.29) is 62.1 Å². The first-order valence-electron chi connectivity index (χ1n) is 27.3. The normalized spacial score (nSPS) is 12.5. The van der Waals surface area contributed by atoms with Gasteiger partial charge in [-0.05, 0) is 126 Å². The Morgan fingerprint density at radius 1 is 0.667 bits per heavy atom. The van der Waals surface area contributed by atoms with Crippen molar-refractivity contribution in [3.05, 3.63) is 211 Å². The minimum Gasteiger partial charge on any atom is -0.483 e. The van der Waals surface area contributed by atoms with Gasteiger partial charge in [-0.2, -0.15) is 27.0 Å². The third kappa shape index (κ3) is 21.7. The van der Waals surface area contributed by atoms with E-state index in [0.29, 0.717) is 59.7 Å². The SMILES string of the molecule is CCCCP(CCCC)CCCC.COC(=O)c1ccc(CN(C(=O)c2ccc(Cl)cc2N=[N+]=[N-])[C@H](Cc2ccccc2)C(=O)OC)cc1.COC(=O)c1ccc(CN2C(=O)c3ccc(Cl)cc3N=C(OC)[C@H]2Cc2ccccc2)cc1.S.S. The van der Waals surface area contributed by atoms with Crippen LogP contribution in [0.25, 0.3) is 10.4 Å². The topological polar surface area (TPSA) is 190 Å². The molecule has 6 aromatic rings. The molecule has 2 amide bonds. The van der Waals surface area contributed by atoms with Gasteiger partial charge in [0, 0.05) is 46.5 Å². The number of ether oxygens (including phenoxy) is 4. The molecule has 6 aromatic carbocycles. The summed E-state index contributed by atoms with van der Waals surface area (Å²) in [4.78, 5) is 74.7. The number of benzene rings is 6. The van der Waals surface area contributed by atoms with Crippen molar-refractivity contribution in [2.45, 2.75) is 97.3 Å². The van der Waals surface area contributed by atoms with E-state index in [1.54, 1.807) is 85.1 Å². The molecule has 15 nitrogen and oxygen atoms in total. The Hall–Kier alpha value is -6.84. The molecule has 2 atom stereocenters. The standard InChI is InChI=1S/C26H23ClN4O5.C26H23ClN2O4.C12H27P.2H2S/c1-35-25(33)19-10-8-18(9-11-19)16-31(23(26(34)36-2)14-17-6-4-3-5-7-17)24(32)21-13-12-20(27)15-22(21)29-30-28;1-32-24-23(14-17-6-4-3-5-7-17)29(16-18-8-10-19(11-9-18)26(31)33-2)25(30)21-13-12-20(27)15-22(21)28-24;1-4-7-10-13(11-8-5-2)12-9-6-3;;/h3-13,15,23H,14,16H2,1-2H3;3-13,15,23H,14,16H2,1-2H3;4-12H2,1-3H3;2*1H2/t2*23-;;;/m11.../s1. The summed E-state index contributed by atoms with van der Waals surface area (Å²) in [6.07, 6.45) is 13.9. The van der Waals surface area contributed by atoms with E-state index in [1.807, 2.05) is 72.8 Å². The Morgan fingerprint density at radius 2 is 1.18 bits per heavy atom. The highest BCUT2D eigenvalue weighted by Gasteiger charge is 2.35. The maximum Gasteiger partial charge on any atom is 0.337 e. The Balaban J connectivity index is 0.000000358. The number of esters is 3. The molecule has 20 heteroatoms. The third-order valence-electron chi connectivity index (χ3n) is 13.5. The molecule has 7 rings (SSSR count). The number of methoxy groups -OCH3 is 4. The largest absolute Gasteiger partial charge is 0.483 e. The lowest BCUT2D eigenvalue weighted by atomic mass is 10.0. The molecule has 0 saturated carbocycles. The van der Waals surface area contributed by atoms with Crippen molar-refractivity contribution in [3.8, 4) is 0 Å². The van der Waals surface area contributed by atoms with Gasteiger partial charge in [0.15, 0.2) is 0 Å². The van der Waals surface area contributed by atoms with Crippen LogP contribution in [0, 0.1) is 0 Å². The molecule has 1 heterocycles. The van der Waals surface area contributed by atoms with Gasteiger partial charge in [0.05, 0.1) is 56.5 Å². The van der Waals surface area contributed by atoms with Crippen LogP contribution in [0.5, 0.6) is 0 Å². The monoisotopic (exact) mass is 1240 g/mol. The number of carbonyl (C=O) groups is 5. The molecule has 0 saturated heterocycles. The fourth-order valence-corrected chi connectivity index (χ4v) is 12.3. The maximum atomic E-state index is 13.8. The number of carbonyl (C=O) groups excluding carboxylic acids is 5. The molecule has 0 radical (unpaired) electrons. The summed E-state index contributed by atoms with van der Waals surface area (Å²) in [5, 5.41) is 4.39. The highest BCUT2D eigenvalue weighted by Crippen LogP contribution is 2.39. The highest BCUT2D eigenvalue weighted by molar-refractivity contribution is 7.59. The van der Waals surface area contributed by atoms with Gasteiger partial charge in [0.2, 0.25) is 5.90 Å². The zero-order valence-electron chi connectivity index (χ0n) is 48.8. The quantitative estimate of drug-likeness (QED) is 0.0150. The predicted octanol–water partition coefficient (Wildman–Crippen LogP) is 15.7. The molecule has 1 aliphatic heterocycles. The van der Waals surface area contributed by atoms with Crippen molar-refractivity contribution in [1.29, 1.82) is 0 Å². The van der Waals surface area contributed by atoms with Gasteiger partial charge in [-0.25, -0.2) is 19.4 Å². The number of unbranched alkanes of at least 4 members (excludes halogenated alkanes) is 3. The lowest BCUT2D eigenvalue weighted by Crippen LogP contribution is -2.46. The molecule has 1 aliphatic rings. The molecule has 0 aromatic heterocycles. The van der Waals surface area contributed by atoms with Crippen LogP contribution in [0.3, 0.4) is 0 Å². The van der Waals surface area contributed by atoms with E-state index in [1.165, 1.54) is 83.0 Å². The van der Waals surface area contributed by atoms with Crippen molar-refractivity contribution in [1.82, 2.24) is 9.80 Å². The summed E-state index contributed by atoms with van der Waals surface area (Å²) in [6.45, 7) is 7.25. The van der Waals surface area contributed by atoms with Crippen molar-refractivity contribution in [3.63, 3.8) is 0 Å². The minimum atomic E-state index is -1.00. The summed E-state index contributed by atoms with van der Waals surface area (Å²) in [6, 6.07) is 40.5. The molecular formula is C64H77Cl2N6O9PS2. The number of hydrogen-bond acceptors (Lipinski definition) is 11. The fraction of sp³-hybridized carbons (Fsp3) is 0.344. The summed E-state index contributed by atoms with van der Waals surface area (Å²) in [5.41, 5.74) is 14.2. The maximum absolute atomic E-state index is 13.8. The molecule has 448 valence electrons. The predicted molar refractivity (Wildman–Crippen MR) is 348 cm³/mol. The van der Waals surface area contributed by atoms with Crippen LogP contribution < -0.4 is 0 Å². The summed E-state index contributed by atoms with van der Waals surface area (Å²) in [5.74, 6) is -1.81. The van der Waals surface area contributed by atoms with Gasteiger partial charge < -0.3 is 28.7 Å². The van der Waals surface area contributed by atoms with Crippen LogP contribution in [-0.4, -0.2) is 104 Å². The van der Waals surface area contributed by atoms with Crippen LogP contribution in [0.4, 0.5) is 11.4 Å². The van der Waals surface area contributed by atoms with E-state index >= 15 is 0 Å². The number of fused-ring (bicyclic) bond motifs is 1.